The maximum atomic E-state index is 12.6. The van der Waals surface area contributed by atoms with Gasteiger partial charge in [-0.3, -0.25) is 4.79 Å². The van der Waals surface area contributed by atoms with Gasteiger partial charge in [-0.25, -0.2) is 4.63 Å². The van der Waals surface area contributed by atoms with Crippen LogP contribution < -0.4 is 0 Å². The van der Waals surface area contributed by atoms with Crippen molar-refractivity contribution in [3.8, 4) is 0 Å². The molecule has 2 aliphatic rings. The van der Waals surface area contributed by atoms with Gasteiger partial charge in [-0.05, 0) is 45.7 Å². The summed E-state index contributed by atoms with van der Waals surface area (Å²) in [4.78, 5) is 16.9. The van der Waals surface area contributed by atoms with Crippen molar-refractivity contribution in [3.05, 3.63) is 11.4 Å². The van der Waals surface area contributed by atoms with E-state index in [1.807, 2.05) is 14.0 Å². The van der Waals surface area contributed by atoms with Gasteiger partial charge in [0, 0.05) is 32.2 Å². The number of nitrogens with zero attached hydrogens (tertiary/aromatic N) is 4. The number of hydrogen-bond donors (Lipinski definition) is 0. The molecule has 128 valence electrons. The number of hydrogen-bond acceptors (Lipinski definition) is 6. The van der Waals surface area contributed by atoms with Gasteiger partial charge in [0.2, 0.25) is 5.91 Å². The molecule has 0 atom stereocenters. The predicted molar refractivity (Wildman–Crippen MR) is 83.6 cm³/mol. The lowest BCUT2D eigenvalue weighted by molar-refractivity contribution is -0.136. The molecule has 0 N–H and O–H groups in total. The highest BCUT2D eigenvalue weighted by Gasteiger charge is 2.31. The Balaban J connectivity index is 1.48. The quantitative estimate of drug-likeness (QED) is 0.830. The van der Waals surface area contributed by atoms with Gasteiger partial charge in [0.1, 0.15) is 11.4 Å². The first kappa shape index (κ1) is 16.4. The Morgan fingerprint density at radius 3 is 2.52 bits per heavy atom. The molecule has 0 aliphatic carbocycles. The molecule has 2 aliphatic heterocycles. The first-order valence-corrected chi connectivity index (χ1v) is 8.50. The van der Waals surface area contributed by atoms with Crippen LogP contribution in [0.5, 0.6) is 0 Å². The van der Waals surface area contributed by atoms with E-state index in [0.717, 1.165) is 63.4 Å². The standard InChI is InChI=1S/C16H26N4O3/c1-12-15(18-23-17-12)11-19(2)16(21)13-3-7-20(8-4-13)14-5-9-22-10-6-14/h13-14H,3-11H2,1-2H3. The van der Waals surface area contributed by atoms with Crippen molar-refractivity contribution < 1.29 is 14.2 Å². The number of ether oxygens (including phenoxy) is 1. The molecular formula is C16H26N4O3. The zero-order valence-corrected chi connectivity index (χ0v) is 14.0. The third-order valence-corrected chi connectivity index (χ3v) is 5.10. The van der Waals surface area contributed by atoms with Gasteiger partial charge in [-0.1, -0.05) is 10.3 Å². The van der Waals surface area contributed by atoms with Crippen LogP contribution >= 0.6 is 0 Å². The molecule has 3 heterocycles. The minimum Gasteiger partial charge on any atom is -0.381 e. The topological polar surface area (TPSA) is 71.7 Å². The minimum absolute atomic E-state index is 0.122. The number of carbonyl (C=O) groups excluding carboxylic acids is 1. The first-order chi connectivity index (χ1) is 11.1. The van der Waals surface area contributed by atoms with E-state index >= 15 is 0 Å². The molecule has 23 heavy (non-hydrogen) atoms. The van der Waals surface area contributed by atoms with Gasteiger partial charge in [0.15, 0.2) is 0 Å². The smallest absolute Gasteiger partial charge is 0.225 e. The molecule has 0 spiro atoms. The van der Waals surface area contributed by atoms with E-state index < -0.39 is 0 Å². The number of aryl methyl sites for hydroxylation is 1. The molecule has 0 unspecified atom stereocenters. The van der Waals surface area contributed by atoms with Crippen molar-refractivity contribution in [2.24, 2.45) is 5.92 Å². The van der Waals surface area contributed by atoms with E-state index in [2.05, 4.69) is 15.2 Å². The fraction of sp³-hybridized carbons (Fsp3) is 0.812. The zero-order chi connectivity index (χ0) is 16.2. The van der Waals surface area contributed by atoms with Crippen LogP contribution in [0.25, 0.3) is 0 Å². The van der Waals surface area contributed by atoms with E-state index in [-0.39, 0.29) is 11.8 Å². The largest absolute Gasteiger partial charge is 0.381 e. The van der Waals surface area contributed by atoms with E-state index in [0.29, 0.717) is 12.6 Å². The predicted octanol–water partition coefficient (Wildman–Crippen LogP) is 1.23. The van der Waals surface area contributed by atoms with Crippen LogP contribution in [0.3, 0.4) is 0 Å². The number of carbonyl (C=O) groups is 1. The number of likely N-dealkylation sites (tertiary alicyclic amines) is 1. The lowest BCUT2D eigenvalue weighted by atomic mass is 9.93. The summed E-state index contributed by atoms with van der Waals surface area (Å²) in [5.41, 5.74) is 1.49. The van der Waals surface area contributed by atoms with Crippen LogP contribution in [0.1, 0.15) is 37.1 Å². The summed E-state index contributed by atoms with van der Waals surface area (Å²) in [7, 11) is 1.83. The Bertz CT molecular complexity index is 519. The second kappa shape index (κ2) is 7.40. The second-order valence-electron chi connectivity index (χ2n) is 6.64. The molecule has 1 aromatic heterocycles. The Labute approximate surface area is 136 Å². The molecule has 0 radical (unpaired) electrons. The number of aromatic nitrogens is 2. The van der Waals surface area contributed by atoms with E-state index in [1.165, 1.54) is 0 Å². The third-order valence-electron chi connectivity index (χ3n) is 5.10. The van der Waals surface area contributed by atoms with Gasteiger partial charge in [-0.2, -0.15) is 0 Å². The van der Waals surface area contributed by atoms with Crippen LogP contribution in [0, 0.1) is 12.8 Å². The van der Waals surface area contributed by atoms with Crippen molar-refractivity contribution in [1.82, 2.24) is 20.1 Å². The highest BCUT2D eigenvalue weighted by Crippen LogP contribution is 2.24. The third kappa shape index (κ3) is 3.90. The molecular weight excluding hydrogens is 296 g/mol. The Kier molecular flexibility index (Phi) is 5.27. The molecule has 2 saturated heterocycles. The first-order valence-electron chi connectivity index (χ1n) is 8.50. The Hall–Kier alpha value is -1.47. The normalized spacial score (nSPS) is 21.5. The molecule has 0 bridgehead atoms. The summed E-state index contributed by atoms with van der Waals surface area (Å²) < 4.78 is 10.1. The van der Waals surface area contributed by atoms with Gasteiger partial charge in [-0.15, -0.1) is 0 Å². The number of piperidine rings is 1. The average Bonchev–Trinajstić information content (AvgIpc) is 3.00. The number of rotatable bonds is 4. The van der Waals surface area contributed by atoms with Crippen LogP contribution in [0.2, 0.25) is 0 Å². The maximum Gasteiger partial charge on any atom is 0.225 e. The maximum absolute atomic E-state index is 12.6. The molecule has 0 aromatic carbocycles. The summed E-state index contributed by atoms with van der Waals surface area (Å²) in [6.45, 7) is 6.08. The van der Waals surface area contributed by atoms with Gasteiger partial charge in [0.25, 0.3) is 0 Å². The molecule has 1 aromatic rings. The van der Waals surface area contributed by atoms with Crippen molar-refractivity contribution in [3.63, 3.8) is 0 Å². The monoisotopic (exact) mass is 322 g/mol. The molecule has 0 saturated carbocycles. The second-order valence-corrected chi connectivity index (χ2v) is 6.64. The number of amides is 1. The molecule has 2 fully saturated rings. The molecule has 7 heteroatoms. The van der Waals surface area contributed by atoms with E-state index in [1.54, 1.807) is 4.90 Å². The lowest BCUT2D eigenvalue weighted by Crippen LogP contribution is -2.46. The summed E-state index contributed by atoms with van der Waals surface area (Å²) in [5.74, 6) is 0.329. The highest BCUT2D eigenvalue weighted by atomic mass is 16.6. The summed E-state index contributed by atoms with van der Waals surface area (Å²) in [5, 5.41) is 7.62. The van der Waals surface area contributed by atoms with Gasteiger partial charge in [0.05, 0.1) is 6.54 Å². The Morgan fingerprint density at radius 2 is 1.91 bits per heavy atom. The molecule has 1 amide bonds. The summed E-state index contributed by atoms with van der Waals surface area (Å²) >= 11 is 0. The molecule has 7 nitrogen and oxygen atoms in total. The van der Waals surface area contributed by atoms with Crippen LogP contribution in [-0.4, -0.2) is 65.4 Å². The fourth-order valence-corrected chi connectivity index (χ4v) is 3.57. The van der Waals surface area contributed by atoms with Crippen LogP contribution in [0.4, 0.5) is 0 Å². The average molecular weight is 322 g/mol. The van der Waals surface area contributed by atoms with Crippen LogP contribution in [-0.2, 0) is 16.1 Å². The van der Waals surface area contributed by atoms with E-state index in [9.17, 15) is 4.79 Å². The van der Waals surface area contributed by atoms with Crippen molar-refractivity contribution in [2.45, 2.75) is 45.2 Å². The minimum atomic E-state index is 0.122. The Morgan fingerprint density at radius 1 is 1.22 bits per heavy atom. The van der Waals surface area contributed by atoms with Crippen molar-refractivity contribution in [1.29, 1.82) is 0 Å². The lowest BCUT2D eigenvalue weighted by Gasteiger charge is -2.39. The van der Waals surface area contributed by atoms with Crippen molar-refractivity contribution >= 4 is 5.91 Å². The van der Waals surface area contributed by atoms with E-state index in [4.69, 9.17) is 9.37 Å². The van der Waals surface area contributed by atoms with Gasteiger partial charge >= 0.3 is 0 Å². The van der Waals surface area contributed by atoms with Crippen molar-refractivity contribution in [2.75, 3.05) is 33.4 Å². The SMILES string of the molecule is Cc1nonc1CN(C)C(=O)C1CCN(C2CCOCC2)CC1. The fourth-order valence-electron chi connectivity index (χ4n) is 3.57. The summed E-state index contributed by atoms with van der Waals surface area (Å²) in [6.07, 6.45) is 4.13. The highest BCUT2D eigenvalue weighted by molar-refractivity contribution is 5.78. The van der Waals surface area contributed by atoms with Crippen LogP contribution in [0.15, 0.2) is 4.63 Å². The summed E-state index contributed by atoms with van der Waals surface area (Å²) in [6, 6.07) is 0.640. The zero-order valence-electron chi connectivity index (χ0n) is 14.0. The molecule has 3 rings (SSSR count). The van der Waals surface area contributed by atoms with Gasteiger partial charge < -0.3 is 14.5 Å².